The summed E-state index contributed by atoms with van der Waals surface area (Å²) in [5.74, 6) is 0. The van der Waals surface area contributed by atoms with Crippen molar-refractivity contribution in [3.63, 3.8) is 0 Å². The van der Waals surface area contributed by atoms with Crippen LogP contribution in [0.4, 0.5) is 0 Å². The van der Waals surface area contributed by atoms with E-state index in [1.54, 1.807) is 0 Å². The van der Waals surface area contributed by atoms with E-state index in [-0.39, 0.29) is 0 Å². The van der Waals surface area contributed by atoms with Gasteiger partial charge in [-0.3, -0.25) is 0 Å². The first-order valence-electron chi connectivity index (χ1n) is 39.6. The molecular weight excluding hydrogens is 1200 g/mol. The van der Waals surface area contributed by atoms with Crippen LogP contribution in [-0.4, -0.2) is 13.7 Å². The highest BCUT2D eigenvalue weighted by atomic mass is 15.0. The summed E-state index contributed by atoms with van der Waals surface area (Å²) in [6.45, 7) is 9.84. The summed E-state index contributed by atoms with van der Waals surface area (Å²) in [4.78, 5) is 0. The Morgan fingerprint density at radius 3 is 0.556 bits per heavy atom. The second kappa shape index (κ2) is 35.1. The van der Waals surface area contributed by atoms with Crippen LogP contribution in [0.2, 0.25) is 0 Å². The molecule has 0 radical (unpaired) electrons. The molecule has 0 saturated carbocycles. The highest BCUT2D eigenvalue weighted by Crippen LogP contribution is 2.53. The van der Waals surface area contributed by atoms with Gasteiger partial charge in [-0.25, -0.2) is 0 Å². The Balaban J connectivity index is 1.14. The van der Waals surface area contributed by atoms with Gasteiger partial charge in [0.1, 0.15) is 0 Å². The van der Waals surface area contributed by atoms with Crippen molar-refractivity contribution in [1.29, 1.82) is 0 Å². The molecule has 3 heteroatoms. The molecular formula is C96H111N3. The lowest BCUT2D eigenvalue weighted by Crippen LogP contribution is -2.02. The van der Waals surface area contributed by atoms with E-state index >= 15 is 0 Å². The number of nitrogens with zero attached hydrogens (tertiary/aromatic N) is 3. The maximum absolute atomic E-state index is 2.89. The standard InChI is InChI=1S/C96H111N3/c1-4-7-10-13-16-19-22-25-28-49-64-97-88-70-82(76-58-43-34-44-59-76)79(73-52-37-31-38-53-73)67-85(88)91-94(97)92-86-68-80(74-54-39-32-40-55-74)83(77-60-45-35-46-61-77)71-89(86)98(65-50-29-26-23-20-17-14-11-8-5-2)96(92)93-87-69-81(75-56-41-33-42-57-75)84(78-62-47-36-48-63-78)72-90(87)99(95(91)93)66-51-30-27-24-21-18-15-12-9-6-3/h31-48,52-63,67-72H,4-30,49-51,64-66H2,1-3H3. The molecule has 0 amide bonds. The number of fused-ring (bicyclic) bond motifs is 12. The SMILES string of the molecule is CCCCCCCCCCCCn1c2cc(-c3ccccc3)c(-c3ccccc3)cc2c2c1c1c3cc(-c4ccccc4)c(-c4ccccc4)cc3n(CCCCCCCCCCCC)c1c1c3cc(-c4ccccc4)c(-c4ccccc4)cc3n(CCCCCCCCCCCC)c21. The number of aryl methyl sites for hydroxylation is 3. The number of aromatic nitrogens is 3. The molecule has 0 N–H and O–H groups in total. The highest BCUT2D eigenvalue weighted by Gasteiger charge is 2.31. The van der Waals surface area contributed by atoms with E-state index in [4.69, 9.17) is 0 Å². The lowest BCUT2D eigenvalue weighted by molar-refractivity contribution is 0.541. The molecule has 3 nitrogen and oxygen atoms in total. The second-order valence-electron chi connectivity index (χ2n) is 29.1. The quantitative estimate of drug-likeness (QED) is 0.0341. The van der Waals surface area contributed by atoms with Crippen LogP contribution in [0.25, 0.3) is 132 Å². The molecule has 99 heavy (non-hydrogen) atoms. The van der Waals surface area contributed by atoms with Crippen LogP contribution in [0.3, 0.4) is 0 Å². The first-order valence-corrected chi connectivity index (χ1v) is 39.6. The molecule has 0 aliphatic rings. The number of rotatable bonds is 39. The van der Waals surface area contributed by atoms with Gasteiger partial charge in [0.2, 0.25) is 0 Å². The predicted molar refractivity (Wildman–Crippen MR) is 434 cm³/mol. The van der Waals surface area contributed by atoms with Crippen LogP contribution >= 0.6 is 0 Å². The summed E-state index contributed by atoms with van der Waals surface area (Å²) in [7, 11) is 0. The zero-order valence-electron chi connectivity index (χ0n) is 60.5. The van der Waals surface area contributed by atoms with Crippen molar-refractivity contribution in [1.82, 2.24) is 13.7 Å². The monoisotopic (exact) mass is 1310 g/mol. The van der Waals surface area contributed by atoms with E-state index in [2.05, 4.69) is 253 Å². The average Bonchev–Trinajstić information content (AvgIpc) is 1.51. The van der Waals surface area contributed by atoms with Crippen molar-refractivity contribution in [2.45, 2.75) is 233 Å². The molecule has 10 aromatic carbocycles. The Hall–Kier alpha value is -8.40. The summed E-state index contributed by atoms with van der Waals surface area (Å²) < 4.78 is 8.68. The predicted octanol–water partition coefficient (Wildman–Crippen LogP) is 29.8. The third kappa shape index (κ3) is 16.0. The Labute approximate surface area is 593 Å². The summed E-state index contributed by atoms with van der Waals surface area (Å²) in [6.07, 6.45) is 39.2. The molecule has 0 fully saturated rings. The van der Waals surface area contributed by atoms with Crippen molar-refractivity contribution in [2.24, 2.45) is 0 Å². The Kier molecular flexibility index (Phi) is 24.5. The summed E-state index contributed by atoms with van der Waals surface area (Å²) >= 11 is 0. The molecule has 0 saturated heterocycles. The molecule has 13 aromatic rings. The molecule has 0 aliphatic carbocycles. The first kappa shape index (κ1) is 69.1. The van der Waals surface area contributed by atoms with Crippen molar-refractivity contribution >= 4 is 65.4 Å². The van der Waals surface area contributed by atoms with E-state index in [1.165, 1.54) is 306 Å². The maximum atomic E-state index is 2.89. The van der Waals surface area contributed by atoms with Gasteiger partial charge in [-0.1, -0.05) is 376 Å². The number of hydrogen-bond acceptors (Lipinski definition) is 0. The van der Waals surface area contributed by atoms with Crippen LogP contribution < -0.4 is 0 Å². The van der Waals surface area contributed by atoms with Crippen LogP contribution in [-0.2, 0) is 19.6 Å². The Bertz CT molecular complexity index is 4140. The minimum absolute atomic E-state index is 0.948. The molecule has 510 valence electrons. The van der Waals surface area contributed by atoms with E-state index in [0.717, 1.165) is 38.9 Å². The van der Waals surface area contributed by atoms with Gasteiger partial charge in [0.05, 0.1) is 16.6 Å². The fraction of sp³-hybridized carbons (Fsp3) is 0.375. The summed E-state index contributed by atoms with van der Waals surface area (Å²) in [5.41, 5.74) is 23.6. The summed E-state index contributed by atoms with van der Waals surface area (Å²) in [5, 5.41) is 8.32. The Morgan fingerprint density at radius 2 is 0.364 bits per heavy atom. The van der Waals surface area contributed by atoms with Gasteiger partial charge in [-0.05, 0) is 122 Å². The third-order valence-corrected chi connectivity index (χ3v) is 22.0. The normalized spacial score (nSPS) is 11.9. The molecule has 0 unspecified atom stereocenters. The van der Waals surface area contributed by atoms with Crippen LogP contribution in [0.5, 0.6) is 0 Å². The first-order chi connectivity index (χ1) is 49.1. The van der Waals surface area contributed by atoms with Gasteiger partial charge in [-0.2, -0.15) is 0 Å². The zero-order chi connectivity index (χ0) is 67.4. The fourth-order valence-electron chi connectivity index (χ4n) is 16.8. The minimum Gasteiger partial charge on any atom is -0.340 e. The topological polar surface area (TPSA) is 14.8 Å². The molecule has 3 heterocycles. The van der Waals surface area contributed by atoms with Gasteiger partial charge in [0.25, 0.3) is 0 Å². The lowest BCUT2D eigenvalue weighted by Gasteiger charge is -2.14. The van der Waals surface area contributed by atoms with E-state index in [9.17, 15) is 0 Å². The van der Waals surface area contributed by atoms with Crippen molar-refractivity contribution in [3.05, 3.63) is 218 Å². The lowest BCUT2D eigenvalue weighted by atomic mass is 9.91. The number of unbranched alkanes of at least 4 members (excludes halogenated alkanes) is 27. The molecule has 0 aliphatic heterocycles. The van der Waals surface area contributed by atoms with Crippen molar-refractivity contribution in [3.8, 4) is 66.8 Å². The summed E-state index contributed by atoms with van der Waals surface area (Å²) in [6, 6.07) is 83.9. The smallest absolute Gasteiger partial charge is 0.0614 e. The number of benzene rings is 10. The average molecular weight is 1310 g/mol. The fourth-order valence-corrected chi connectivity index (χ4v) is 16.8. The Morgan fingerprint density at radius 1 is 0.192 bits per heavy atom. The minimum atomic E-state index is 0.948. The van der Waals surface area contributed by atoms with E-state index in [1.807, 2.05) is 0 Å². The van der Waals surface area contributed by atoms with Gasteiger partial charge < -0.3 is 13.7 Å². The van der Waals surface area contributed by atoms with Crippen molar-refractivity contribution in [2.75, 3.05) is 0 Å². The van der Waals surface area contributed by atoms with E-state index < -0.39 is 0 Å². The molecule has 0 bridgehead atoms. The van der Waals surface area contributed by atoms with Gasteiger partial charge >= 0.3 is 0 Å². The van der Waals surface area contributed by atoms with Gasteiger partial charge in [-0.15, -0.1) is 0 Å². The van der Waals surface area contributed by atoms with Crippen LogP contribution in [0.15, 0.2) is 218 Å². The van der Waals surface area contributed by atoms with Crippen molar-refractivity contribution < 1.29 is 0 Å². The van der Waals surface area contributed by atoms with E-state index in [0.29, 0.717) is 0 Å². The number of hydrogen-bond donors (Lipinski definition) is 0. The van der Waals surface area contributed by atoms with Crippen LogP contribution in [0.1, 0.15) is 213 Å². The molecule has 0 atom stereocenters. The molecule has 13 rings (SSSR count). The van der Waals surface area contributed by atoms with Crippen LogP contribution in [0, 0.1) is 0 Å². The third-order valence-electron chi connectivity index (χ3n) is 22.0. The zero-order valence-corrected chi connectivity index (χ0v) is 60.5. The van der Waals surface area contributed by atoms with Gasteiger partial charge in [0.15, 0.2) is 0 Å². The second-order valence-corrected chi connectivity index (χ2v) is 29.1. The highest BCUT2D eigenvalue weighted by molar-refractivity contribution is 6.40. The van der Waals surface area contributed by atoms with Gasteiger partial charge in [0, 0.05) is 68.5 Å². The molecule has 0 spiro atoms. The largest absolute Gasteiger partial charge is 0.340 e. The molecule has 3 aromatic heterocycles. The maximum Gasteiger partial charge on any atom is 0.0614 e.